The fraction of sp³-hybridized carbons (Fsp3) is 0.706. The molecule has 3 rings (SSSR count). The summed E-state index contributed by atoms with van der Waals surface area (Å²) in [5.41, 5.74) is 1.87. The molecule has 1 N–H and O–H groups in total. The van der Waals surface area contributed by atoms with Gasteiger partial charge in [0.2, 0.25) is 5.95 Å². The number of amides is 2. The number of urea groups is 1. The van der Waals surface area contributed by atoms with Crippen LogP contribution in [0.4, 0.5) is 10.7 Å². The fourth-order valence-corrected chi connectivity index (χ4v) is 3.36. The first-order valence-corrected chi connectivity index (χ1v) is 8.55. The summed E-state index contributed by atoms with van der Waals surface area (Å²) in [5, 5.41) is 3.00. The molecule has 1 unspecified atom stereocenters. The lowest BCUT2D eigenvalue weighted by Gasteiger charge is -2.34. The first-order valence-electron chi connectivity index (χ1n) is 8.55. The number of hydrogen-bond acceptors (Lipinski definition) is 5. The Morgan fingerprint density at radius 3 is 3.00 bits per heavy atom. The van der Waals surface area contributed by atoms with Gasteiger partial charge in [-0.1, -0.05) is 13.8 Å². The second kappa shape index (κ2) is 6.55. The Bertz CT molecular complexity index is 619. The first kappa shape index (κ1) is 17.0. The van der Waals surface area contributed by atoms with E-state index >= 15 is 0 Å². The molecule has 2 amide bonds. The van der Waals surface area contributed by atoms with Crippen LogP contribution in [0.25, 0.3) is 0 Å². The van der Waals surface area contributed by atoms with Crippen molar-refractivity contribution >= 4 is 12.0 Å². The van der Waals surface area contributed by atoms with E-state index in [2.05, 4.69) is 24.1 Å². The Hall–Kier alpha value is -1.89. The second-order valence-corrected chi connectivity index (χ2v) is 7.46. The minimum absolute atomic E-state index is 0.00888. The van der Waals surface area contributed by atoms with Gasteiger partial charge in [-0.15, -0.1) is 0 Å². The Kier molecular flexibility index (Phi) is 4.62. The van der Waals surface area contributed by atoms with Crippen LogP contribution in [0, 0.1) is 5.92 Å². The highest BCUT2D eigenvalue weighted by atomic mass is 16.5. The molecule has 1 saturated heterocycles. The summed E-state index contributed by atoms with van der Waals surface area (Å²) in [6.45, 7) is 7.42. The number of carbonyl (C=O) groups is 1. The van der Waals surface area contributed by atoms with E-state index in [1.165, 1.54) is 0 Å². The van der Waals surface area contributed by atoms with E-state index in [4.69, 9.17) is 9.72 Å². The average molecular weight is 333 g/mol. The number of anilines is 1. The van der Waals surface area contributed by atoms with Gasteiger partial charge in [-0.3, -0.25) is 0 Å². The van der Waals surface area contributed by atoms with Crippen molar-refractivity contribution in [1.82, 2.24) is 20.2 Å². The predicted octanol–water partition coefficient (Wildman–Crippen LogP) is 1.38. The zero-order valence-electron chi connectivity index (χ0n) is 15.0. The predicted molar refractivity (Wildman–Crippen MR) is 92.1 cm³/mol. The Balaban J connectivity index is 1.81. The van der Waals surface area contributed by atoms with Gasteiger partial charge in [-0.05, 0) is 12.3 Å². The standard InChI is InChI=1S/C17H27N5O2/c1-12(2)7-19-16(23)22-6-5-17(10-22)11-24-9-13-8-18-15(21(3)4)20-14(13)17/h8,12H,5-7,9-11H2,1-4H3,(H,19,23). The molecule has 0 saturated carbocycles. The Labute approximate surface area is 143 Å². The number of aromatic nitrogens is 2. The van der Waals surface area contributed by atoms with Gasteiger partial charge in [0.05, 0.1) is 24.3 Å². The number of rotatable bonds is 3. The molecule has 132 valence electrons. The average Bonchev–Trinajstić information content (AvgIpc) is 2.97. The lowest BCUT2D eigenvalue weighted by atomic mass is 9.80. The largest absolute Gasteiger partial charge is 0.376 e. The molecule has 1 spiro atoms. The molecular formula is C17H27N5O2. The summed E-state index contributed by atoms with van der Waals surface area (Å²) in [4.78, 5) is 25.4. The molecule has 1 atom stereocenters. The van der Waals surface area contributed by atoms with Crippen molar-refractivity contribution in [2.24, 2.45) is 5.92 Å². The van der Waals surface area contributed by atoms with Crippen LogP contribution < -0.4 is 10.2 Å². The highest BCUT2D eigenvalue weighted by molar-refractivity contribution is 5.74. The van der Waals surface area contributed by atoms with Crippen molar-refractivity contribution in [1.29, 1.82) is 0 Å². The van der Waals surface area contributed by atoms with Crippen molar-refractivity contribution in [2.45, 2.75) is 32.3 Å². The van der Waals surface area contributed by atoms with Gasteiger partial charge in [0.25, 0.3) is 0 Å². The summed E-state index contributed by atoms with van der Waals surface area (Å²) in [6, 6.07) is 0.00888. The van der Waals surface area contributed by atoms with Gasteiger partial charge < -0.3 is 19.9 Å². The van der Waals surface area contributed by atoms with E-state index < -0.39 is 0 Å². The first-order chi connectivity index (χ1) is 11.4. The lowest BCUT2D eigenvalue weighted by molar-refractivity contribution is 0.0518. The molecule has 1 fully saturated rings. The molecule has 24 heavy (non-hydrogen) atoms. The maximum Gasteiger partial charge on any atom is 0.317 e. The smallest absolute Gasteiger partial charge is 0.317 e. The normalized spacial score (nSPS) is 22.8. The number of hydrogen-bond donors (Lipinski definition) is 1. The SMILES string of the molecule is CC(C)CNC(=O)N1CCC2(COCc3cnc(N(C)C)nc32)C1. The molecule has 0 bridgehead atoms. The van der Waals surface area contributed by atoms with Gasteiger partial charge in [0.1, 0.15) is 0 Å². The zero-order chi connectivity index (χ0) is 17.3. The molecule has 2 aliphatic heterocycles. The number of carbonyl (C=O) groups excluding carboxylic acids is 1. The highest BCUT2D eigenvalue weighted by Gasteiger charge is 2.46. The van der Waals surface area contributed by atoms with E-state index in [9.17, 15) is 4.79 Å². The Morgan fingerprint density at radius 1 is 1.50 bits per heavy atom. The van der Waals surface area contributed by atoms with Gasteiger partial charge in [-0.25, -0.2) is 14.8 Å². The molecular weight excluding hydrogens is 306 g/mol. The third-order valence-corrected chi connectivity index (χ3v) is 4.69. The monoisotopic (exact) mass is 333 g/mol. The molecule has 0 radical (unpaired) electrons. The van der Waals surface area contributed by atoms with E-state index in [1.807, 2.05) is 30.1 Å². The minimum Gasteiger partial charge on any atom is -0.376 e. The van der Waals surface area contributed by atoms with Crippen molar-refractivity contribution < 1.29 is 9.53 Å². The quantitative estimate of drug-likeness (QED) is 0.905. The van der Waals surface area contributed by atoms with Crippen LogP contribution in [0.2, 0.25) is 0 Å². The van der Waals surface area contributed by atoms with Crippen LogP contribution in [0.1, 0.15) is 31.5 Å². The number of likely N-dealkylation sites (tertiary alicyclic amines) is 1. The molecule has 7 nitrogen and oxygen atoms in total. The maximum atomic E-state index is 12.4. The number of nitrogens with zero attached hydrogens (tertiary/aromatic N) is 4. The molecule has 0 aliphatic carbocycles. The third kappa shape index (κ3) is 3.17. The fourth-order valence-electron chi connectivity index (χ4n) is 3.36. The van der Waals surface area contributed by atoms with Crippen molar-refractivity contribution in [3.63, 3.8) is 0 Å². The van der Waals surface area contributed by atoms with Crippen molar-refractivity contribution in [3.8, 4) is 0 Å². The summed E-state index contributed by atoms with van der Waals surface area (Å²) in [7, 11) is 3.88. The van der Waals surface area contributed by atoms with Crippen LogP contribution in [0.5, 0.6) is 0 Å². The molecule has 1 aromatic rings. The zero-order valence-corrected chi connectivity index (χ0v) is 15.0. The summed E-state index contributed by atoms with van der Waals surface area (Å²) >= 11 is 0. The van der Waals surface area contributed by atoms with Crippen molar-refractivity contribution in [2.75, 3.05) is 45.2 Å². The van der Waals surface area contributed by atoms with Gasteiger partial charge in [-0.2, -0.15) is 0 Å². The van der Waals surface area contributed by atoms with Crippen LogP contribution in [0.15, 0.2) is 6.20 Å². The molecule has 1 aromatic heterocycles. The lowest BCUT2D eigenvalue weighted by Crippen LogP contribution is -2.45. The Morgan fingerprint density at radius 2 is 2.29 bits per heavy atom. The van der Waals surface area contributed by atoms with E-state index in [0.717, 1.165) is 24.2 Å². The molecule has 7 heteroatoms. The summed E-state index contributed by atoms with van der Waals surface area (Å²) in [6.07, 6.45) is 2.74. The van der Waals surface area contributed by atoms with Crippen LogP contribution in [0.3, 0.4) is 0 Å². The number of fused-ring (bicyclic) bond motifs is 2. The maximum absolute atomic E-state index is 12.4. The van der Waals surface area contributed by atoms with Gasteiger partial charge in [0, 0.05) is 45.5 Å². The number of nitrogens with one attached hydrogen (secondary N) is 1. The van der Waals surface area contributed by atoms with Crippen LogP contribution in [-0.2, 0) is 16.8 Å². The molecule has 0 aromatic carbocycles. The summed E-state index contributed by atoms with van der Waals surface area (Å²) in [5.74, 6) is 1.15. The summed E-state index contributed by atoms with van der Waals surface area (Å²) < 4.78 is 5.81. The van der Waals surface area contributed by atoms with Crippen LogP contribution in [-0.4, -0.2) is 61.2 Å². The minimum atomic E-state index is -0.212. The highest BCUT2D eigenvalue weighted by Crippen LogP contribution is 2.39. The molecule has 2 aliphatic rings. The van der Waals surface area contributed by atoms with Gasteiger partial charge in [0.15, 0.2) is 0 Å². The van der Waals surface area contributed by atoms with Gasteiger partial charge >= 0.3 is 6.03 Å². The second-order valence-electron chi connectivity index (χ2n) is 7.46. The van der Waals surface area contributed by atoms with E-state index in [-0.39, 0.29) is 11.4 Å². The topological polar surface area (TPSA) is 70.6 Å². The van der Waals surface area contributed by atoms with Crippen LogP contribution >= 0.6 is 0 Å². The van der Waals surface area contributed by atoms with Crippen molar-refractivity contribution in [3.05, 3.63) is 17.5 Å². The molecule has 3 heterocycles. The van der Waals surface area contributed by atoms with E-state index in [1.54, 1.807) is 0 Å². The third-order valence-electron chi connectivity index (χ3n) is 4.69. The van der Waals surface area contributed by atoms with E-state index in [0.29, 0.717) is 38.2 Å². The number of ether oxygens (including phenoxy) is 1.